The van der Waals surface area contributed by atoms with Crippen molar-refractivity contribution in [2.24, 2.45) is 0 Å². The van der Waals surface area contributed by atoms with Crippen LogP contribution in [0, 0.1) is 0 Å². The van der Waals surface area contributed by atoms with Crippen LogP contribution in [-0.2, 0) is 15.8 Å². The molecule has 0 amide bonds. The molecule has 1 heterocycles. The van der Waals surface area contributed by atoms with E-state index < -0.39 is 8.32 Å². The van der Waals surface area contributed by atoms with Crippen molar-refractivity contribution in [3.05, 3.63) is 58.8 Å². The van der Waals surface area contributed by atoms with E-state index in [4.69, 9.17) is 4.43 Å². The predicted octanol–water partition coefficient (Wildman–Crippen LogP) is 3.53. The van der Waals surface area contributed by atoms with Crippen molar-refractivity contribution in [3.63, 3.8) is 0 Å². The summed E-state index contributed by atoms with van der Waals surface area (Å²) in [6.45, 7) is 6.04. The number of rotatable bonds is 3. The Balaban J connectivity index is 2.23. The number of fused-ring (bicyclic) bond motifs is 2. The molecule has 0 saturated carbocycles. The number of para-hydroxylation sites is 2. The number of hydrogen-bond donors (Lipinski definition) is 0. The van der Waals surface area contributed by atoms with Gasteiger partial charge in [-0.2, -0.15) is 0 Å². The molecule has 0 aliphatic rings. The third-order valence-electron chi connectivity index (χ3n) is 3.59. The van der Waals surface area contributed by atoms with Crippen LogP contribution in [-0.4, -0.2) is 18.9 Å². The van der Waals surface area contributed by atoms with E-state index in [-0.39, 0.29) is 17.9 Å². The highest BCUT2D eigenvalue weighted by Gasteiger charge is 2.21. The fourth-order valence-electron chi connectivity index (χ4n) is 2.75. The Kier molecular flexibility index (Phi) is 3.81. The number of aromatic nitrogens is 1. The fraction of sp³-hybridized carbons (Fsp3) is 0.222. The third-order valence-corrected chi connectivity index (χ3v) is 4.43. The summed E-state index contributed by atoms with van der Waals surface area (Å²) in [5.74, 6) is -0.261. The summed E-state index contributed by atoms with van der Waals surface area (Å²) in [6.07, 6.45) is 0. The molecule has 3 aromatic rings. The second kappa shape index (κ2) is 5.66. The van der Waals surface area contributed by atoms with Crippen LogP contribution < -0.4 is 5.43 Å². The number of benzene rings is 2. The Bertz CT molecular complexity index is 894. The van der Waals surface area contributed by atoms with Gasteiger partial charge in [-0.3, -0.25) is 9.59 Å². The zero-order chi connectivity index (χ0) is 16.6. The Morgan fingerprint density at radius 1 is 0.957 bits per heavy atom. The van der Waals surface area contributed by atoms with Gasteiger partial charge in [0.15, 0.2) is 5.43 Å². The molecule has 0 unspecified atom stereocenters. The molecule has 3 rings (SSSR count). The van der Waals surface area contributed by atoms with Crippen molar-refractivity contribution >= 4 is 36.1 Å². The molecule has 5 heteroatoms. The summed E-state index contributed by atoms with van der Waals surface area (Å²) in [5, 5.41) is 1.24. The lowest BCUT2D eigenvalue weighted by molar-refractivity contribution is -0.135. The molecule has 0 saturated heterocycles. The van der Waals surface area contributed by atoms with Gasteiger partial charge in [0.1, 0.15) is 6.54 Å². The van der Waals surface area contributed by atoms with Gasteiger partial charge in [-0.15, -0.1) is 0 Å². The molecule has 0 atom stereocenters. The van der Waals surface area contributed by atoms with Gasteiger partial charge < -0.3 is 8.99 Å². The van der Waals surface area contributed by atoms with Gasteiger partial charge in [-0.05, 0) is 43.9 Å². The molecular weight excluding hydrogens is 306 g/mol. The lowest BCUT2D eigenvalue weighted by atomic mass is 10.1. The molecule has 2 aromatic carbocycles. The minimum Gasteiger partial charge on any atom is -0.519 e. The lowest BCUT2D eigenvalue weighted by Gasteiger charge is -2.20. The smallest absolute Gasteiger partial charge is 0.312 e. The van der Waals surface area contributed by atoms with Crippen LogP contribution in [0.5, 0.6) is 0 Å². The van der Waals surface area contributed by atoms with E-state index in [9.17, 15) is 9.59 Å². The molecule has 0 aliphatic heterocycles. The van der Waals surface area contributed by atoms with Crippen molar-refractivity contribution < 1.29 is 9.22 Å². The van der Waals surface area contributed by atoms with Gasteiger partial charge in [-0.25, -0.2) is 0 Å². The summed E-state index contributed by atoms with van der Waals surface area (Å²) in [4.78, 5) is 24.9. The highest BCUT2D eigenvalue weighted by molar-refractivity contribution is 6.71. The maximum atomic E-state index is 12.6. The van der Waals surface area contributed by atoms with Gasteiger partial charge in [-0.1, -0.05) is 24.3 Å². The molecule has 0 fully saturated rings. The van der Waals surface area contributed by atoms with Gasteiger partial charge in [0, 0.05) is 10.8 Å². The number of carbonyl (C=O) groups is 1. The molecule has 0 aliphatic carbocycles. The first-order valence-electron chi connectivity index (χ1n) is 7.59. The van der Waals surface area contributed by atoms with E-state index in [2.05, 4.69) is 0 Å². The second-order valence-electron chi connectivity index (χ2n) is 6.54. The van der Waals surface area contributed by atoms with Crippen molar-refractivity contribution in [2.45, 2.75) is 26.2 Å². The van der Waals surface area contributed by atoms with Crippen molar-refractivity contribution in [3.8, 4) is 0 Å². The molecule has 1 aromatic heterocycles. The highest BCUT2D eigenvalue weighted by Crippen LogP contribution is 2.19. The Labute approximate surface area is 135 Å². The molecule has 118 valence electrons. The van der Waals surface area contributed by atoms with E-state index in [1.807, 2.05) is 60.6 Å². The fourth-order valence-corrected chi connectivity index (χ4v) is 3.50. The van der Waals surface area contributed by atoms with Crippen molar-refractivity contribution in [2.75, 3.05) is 0 Å². The standard InChI is InChI=1S/C18H19NO3Si/c1-23(2,3)22-17(20)12-19-15-10-6-4-8-13(15)18(21)14-9-5-7-11-16(14)19/h4-11H,12H2,1-3H3. The highest BCUT2D eigenvalue weighted by atomic mass is 28.4. The Morgan fingerprint density at radius 3 is 1.91 bits per heavy atom. The summed E-state index contributed by atoms with van der Waals surface area (Å²) in [7, 11) is -1.94. The molecule has 0 N–H and O–H groups in total. The average Bonchev–Trinajstić information content (AvgIpc) is 2.50. The predicted molar refractivity (Wildman–Crippen MR) is 95.2 cm³/mol. The summed E-state index contributed by atoms with van der Waals surface area (Å²) >= 11 is 0. The van der Waals surface area contributed by atoms with Crippen LogP contribution >= 0.6 is 0 Å². The van der Waals surface area contributed by atoms with Gasteiger partial charge in [0.25, 0.3) is 0 Å². The monoisotopic (exact) mass is 325 g/mol. The van der Waals surface area contributed by atoms with Crippen LogP contribution in [0.4, 0.5) is 0 Å². The topological polar surface area (TPSA) is 48.3 Å². The SMILES string of the molecule is C[Si](C)(C)OC(=O)Cn1c2ccccc2c(=O)c2ccccc21. The number of hydrogen-bond acceptors (Lipinski definition) is 3. The summed E-state index contributed by atoms with van der Waals surface area (Å²) in [6, 6.07) is 14.7. The normalized spacial score (nSPS) is 11.8. The van der Waals surface area contributed by atoms with E-state index in [1.165, 1.54) is 0 Å². The van der Waals surface area contributed by atoms with E-state index >= 15 is 0 Å². The quantitative estimate of drug-likeness (QED) is 0.547. The van der Waals surface area contributed by atoms with Crippen LogP contribution in [0.25, 0.3) is 21.8 Å². The number of carbonyl (C=O) groups excluding carboxylic acids is 1. The van der Waals surface area contributed by atoms with E-state index in [1.54, 1.807) is 12.1 Å². The van der Waals surface area contributed by atoms with Crippen LogP contribution in [0.15, 0.2) is 53.3 Å². The number of pyridine rings is 1. The van der Waals surface area contributed by atoms with Gasteiger partial charge >= 0.3 is 5.97 Å². The second-order valence-corrected chi connectivity index (χ2v) is 11.0. The van der Waals surface area contributed by atoms with Crippen molar-refractivity contribution in [1.82, 2.24) is 4.57 Å². The number of nitrogens with zero attached hydrogens (tertiary/aromatic N) is 1. The van der Waals surface area contributed by atoms with E-state index in [0.29, 0.717) is 10.8 Å². The zero-order valence-corrected chi connectivity index (χ0v) is 14.5. The molecule has 0 spiro atoms. The lowest BCUT2D eigenvalue weighted by Crippen LogP contribution is -2.31. The van der Waals surface area contributed by atoms with Crippen LogP contribution in [0.2, 0.25) is 19.6 Å². The first-order valence-corrected chi connectivity index (χ1v) is 11.0. The molecule has 23 heavy (non-hydrogen) atoms. The van der Waals surface area contributed by atoms with Crippen LogP contribution in [0.3, 0.4) is 0 Å². The Morgan fingerprint density at radius 2 is 1.43 bits per heavy atom. The molecule has 4 nitrogen and oxygen atoms in total. The maximum absolute atomic E-state index is 12.6. The minimum atomic E-state index is -1.94. The Hall–Kier alpha value is -2.40. The average molecular weight is 325 g/mol. The van der Waals surface area contributed by atoms with Crippen molar-refractivity contribution in [1.29, 1.82) is 0 Å². The molecule has 0 radical (unpaired) electrons. The third kappa shape index (κ3) is 3.05. The first-order chi connectivity index (χ1) is 10.9. The molecule has 0 bridgehead atoms. The van der Waals surface area contributed by atoms with Crippen LogP contribution in [0.1, 0.15) is 0 Å². The zero-order valence-electron chi connectivity index (χ0n) is 13.5. The van der Waals surface area contributed by atoms with Gasteiger partial charge in [0.05, 0.1) is 11.0 Å². The van der Waals surface area contributed by atoms with E-state index in [0.717, 1.165) is 11.0 Å². The summed E-state index contributed by atoms with van der Waals surface area (Å²) < 4.78 is 7.44. The first kappa shape index (κ1) is 15.5. The van der Waals surface area contributed by atoms with Gasteiger partial charge in [0.2, 0.25) is 8.32 Å². The molecular formula is C18H19NO3Si. The minimum absolute atomic E-state index is 0.00832. The largest absolute Gasteiger partial charge is 0.519 e. The summed E-state index contributed by atoms with van der Waals surface area (Å²) in [5.41, 5.74) is 1.50. The maximum Gasteiger partial charge on any atom is 0.312 e.